The lowest BCUT2D eigenvalue weighted by Gasteiger charge is -2.20. The molecule has 0 radical (unpaired) electrons. The maximum absolute atomic E-state index is 12.0. The van der Waals surface area contributed by atoms with E-state index in [0.717, 1.165) is 6.42 Å². The van der Waals surface area contributed by atoms with Crippen molar-refractivity contribution in [2.45, 2.75) is 26.3 Å². The Hall–Kier alpha value is -1.79. The average Bonchev–Trinajstić information content (AvgIpc) is 2.45. The summed E-state index contributed by atoms with van der Waals surface area (Å²) in [5, 5.41) is 5.45. The minimum atomic E-state index is -0.545. The maximum Gasteiger partial charge on any atom is 0.262 e. The van der Waals surface area contributed by atoms with Crippen molar-refractivity contribution in [1.29, 1.82) is 0 Å². The summed E-state index contributed by atoms with van der Waals surface area (Å²) in [6, 6.07) is 4.53. The van der Waals surface area contributed by atoms with Crippen LogP contribution >= 0.6 is 12.4 Å². The highest BCUT2D eigenvalue weighted by molar-refractivity contribution is 5.98. The molecule has 2 atom stereocenters. The van der Waals surface area contributed by atoms with Crippen molar-refractivity contribution in [1.82, 2.24) is 0 Å². The fourth-order valence-corrected chi connectivity index (χ4v) is 1.89. The van der Waals surface area contributed by atoms with Crippen LogP contribution in [0.15, 0.2) is 18.2 Å². The molecular weight excluding hydrogens is 294 g/mol. The lowest BCUT2D eigenvalue weighted by Crippen LogP contribution is -2.40. The molecule has 6 nitrogen and oxygen atoms in total. The van der Waals surface area contributed by atoms with Gasteiger partial charge in [-0.1, -0.05) is 20.3 Å². The molecule has 21 heavy (non-hydrogen) atoms. The molecule has 7 heteroatoms. The Balaban J connectivity index is 0.00000220. The van der Waals surface area contributed by atoms with Crippen LogP contribution in [-0.4, -0.2) is 24.5 Å². The van der Waals surface area contributed by atoms with Crippen molar-refractivity contribution >= 4 is 35.6 Å². The summed E-state index contributed by atoms with van der Waals surface area (Å²) in [7, 11) is 0. The molecule has 0 saturated heterocycles. The SMILES string of the molecule is CCC(C)C(N)C(=O)Nc1ccc2c(c1)OCC(=O)N2.Cl. The number of amides is 2. The van der Waals surface area contributed by atoms with E-state index in [2.05, 4.69) is 10.6 Å². The number of anilines is 2. The van der Waals surface area contributed by atoms with Crippen LogP contribution in [0.1, 0.15) is 20.3 Å². The van der Waals surface area contributed by atoms with E-state index < -0.39 is 6.04 Å². The Kier molecular flexibility index (Phi) is 5.99. The van der Waals surface area contributed by atoms with Crippen molar-refractivity contribution in [2.24, 2.45) is 11.7 Å². The molecule has 1 aliphatic rings. The summed E-state index contributed by atoms with van der Waals surface area (Å²) < 4.78 is 5.29. The molecule has 0 aliphatic carbocycles. The number of hydrogen-bond acceptors (Lipinski definition) is 4. The van der Waals surface area contributed by atoms with Crippen molar-refractivity contribution in [3.05, 3.63) is 18.2 Å². The quantitative estimate of drug-likeness (QED) is 0.789. The first kappa shape index (κ1) is 17.3. The number of halogens is 1. The predicted octanol–water partition coefficient (Wildman–Crippen LogP) is 1.75. The highest BCUT2D eigenvalue weighted by atomic mass is 35.5. The van der Waals surface area contributed by atoms with Gasteiger partial charge in [-0.05, 0) is 18.1 Å². The third-order valence-corrected chi connectivity index (χ3v) is 3.44. The largest absolute Gasteiger partial charge is 0.482 e. The molecule has 116 valence electrons. The average molecular weight is 314 g/mol. The molecule has 2 amide bonds. The normalized spacial score (nSPS) is 15.7. The summed E-state index contributed by atoms with van der Waals surface area (Å²) in [6.45, 7) is 3.92. The second kappa shape index (κ2) is 7.28. The zero-order valence-electron chi connectivity index (χ0n) is 12.0. The molecule has 0 saturated carbocycles. The highest BCUT2D eigenvalue weighted by Gasteiger charge is 2.21. The van der Waals surface area contributed by atoms with Gasteiger partial charge in [0.1, 0.15) is 5.75 Å². The first-order chi connectivity index (χ1) is 9.51. The maximum atomic E-state index is 12.0. The Labute approximate surface area is 129 Å². The van der Waals surface area contributed by atoms with Crippen LogP contribution in [0.5, 0.6) is 5.75 Å². The third kappa shape index (κ3) is 4.09. The molecular formula is C14H20ClN3O3. The number of hydrogen-bond donors (Lipinski definition) is 3. The molecule has 1 aromatic carbocycles. The molecule has 0 fully saturated rings. The number of carbonyl (C=O) groups is 2. The fraction of sp³-hybridized carbons (Fsp3) is 0.429. The number of carbonyl (C=O) groups excluding carboxylic acids is 2. The lowest BCUT2D eigenvalue weighted by molar-refractivity contribution is -0.119. The monoisotopic (exact) mass is 313 g/mol. The minimum Gasteiger partial charge on any atom is -0.482 e. The second-order valence-electron chi connectivity index (χ2n) is 4.95. The summed E-state index contributed by atoms with van der Waals surface area (Å²) in [4.78, 5) is 23.1. The van der Waals surface area contributed by atoms with Crippen molar-refractivity contribution in [2.75, 3.05) is 17.2 Å². The molecule has 2 unspecified atom stereocenters. The van der Waals surface area contributed by atoms with Crippen molar-refractivity contribution < 1.29 is 14.3 Å². The smallest absolute Gasteiger partial charge is 0.262 e. The van der Waals surface area contributed by atoms with Gasteiger partial charge in [-0.2, -0.15) is 0 Å². The van der Waals surface area contributed by atoms with E-state index >= 15 is 0 Å². The van der Waals surface area contributed by atoms with E-state index in [1.54, 1.807) is 18.2 Å². The molecule has 1 heterocycles. The van der Waals surface area contributed by atoms with Gasteiger partial charge in [-0.3, -0.25) is 9.59 Å². The molecule has 1 aliphatic heterocycles. The van der Waals surface area contributed by atoms with E-state index in [-0.39, 0.29) is 36.7 Å². The van der Waals surface area contributed by atoms with Gasteiger partial charge in [0.05, 0.1) is 11.7 Å². The van der Waals surface area contributed by atoms with Gasteiger partial charge in [0.2, 0.25) is 5.91 Å². The third-order valence-electron chi connectivity index (χ3n) is 3.44. The van der Waals surface area contributed by atoms with Crippen LogP contribution in [0.25, 0.3) is 0 Å². The molecule has 0 bridgehead atoms. The van der Waals surface area contributed by atoms with E-state index in [1.165, 1.54) is 0 Å². The standard InChI is InChI=1S/C14H19N3O3.ClH/c1-3-8(2)13(15)14(19)16-9-4-5-10-11(6-9)20-7-12(18)17-10;/h4-6,8,13H,3,7,15H2,1-2H3,(H,16,19)(H,17,18);1H. The zero-order valence-corrected chi connectivity index (χ0v) is 12.8. The highest BCUT2D eigenvalue weighted by Crippen LogP contribution is 2.30. The summed E-state index contributed by atoms with van der Waals surface area (Å²) in [5.41, 5.74) is 7.08. The number of fused-ring (bicyclic) bond motifs is 1. The number of ether oxygens (including phenoxy) is 1. The van der Waals surface area contributed by atoms with Crippen LogP contribution < -0.4 is 21.1 Å². The van der Waals surface area contributed by atoms with Crippen molar-refractivity contribution in [3.8, 4) is 5.75 Å². The predicted molar refractivity (Wildman–Crippen MR) is 83.9 cm³/mol. The zero-order chi connectivity index (χ0) is 14.7. The summed E-state index contributed by atoms with van der Waals surface area (Å²) in [5.74, 6) is 0.245. The van der Waals surface area contributed by atoms with Gasteiger partial charge in [-0.25, -0.2) is 0 Å². The summed E-state index contributed by atoms with van der Waals surface area (Å²) in [6.07, 6.45) is 0.841. The number of rotatable bonds is 4. The number of benzene rings is 1. The Morgan fingerprint density at radius 3 is 2.90 bits per heavy atom. The van der Waals surface area contributed by atoms with Crippen LogP contribution in [0, 0.1) is 5.92 Å². The number of nitrogens with one attached hydrogen (secondary N) is 2. The van der Waals surface area contributed by atoms with Gasteiger partial charge in [0.15, 0.2) is 6.61 Å². The first-order valence-corrected chi connectivity index (χ1v) is 6.64. The van der Waals surface area contributed by atoms with Gasteiger partial charge in [0.25, 0.3) is 5.91 Å². The molecule has 1 aromatic rings. The van der Waals surface area contributed by atoms with Gasteiger partial charge in [0, 0.05) is 11.8 Å². The molecule has 0 spiro atoms. The summed E-state index contributed by atoms with van der Waals surface area (Å²) >= 11 is 0. The Bertz CT molecular complexity index is 536. The molecule has 4 N–H and O–H groups in total. The van der Waals surface area contributed by atoms with E-state index in [9.17, 15) is 9.59 Å². The van der Waals surface area contributed by atoms with E-state index in [4.69, 9.17) is 10.5 Å². The molecule has 2 rings (SSSR count). The van der Waals surface area contributed by atoms with Gasteiger partial charge < -0.3 is 21.1 Å². The van der Waals surface area contributed by atoms with Gasteiger partial charge >= 0.3 is 0 Å². The van der Waals surface area contributed by atoms with Crippen LogP contribution in [0.2, 0.25) is 0 Å². The van der Waals surface area contributed by atoms with E-state index in [1.807, 2.05) is 13.8 Å². The fourth-order valence-electron chi connectivity index (χ4n) is 1.89. The first-order valence-electron chi connectivity index (χ1n) is 6.64. The van der Waals surface area contributed by atoms with Crippen LogP contribution in [-0.2, 0) is 9.59 Å². The molecule has 0 aromatic heterocycles. The lowest BCUT2D eigenvalue weighted by atomic mass is 9.99. The second-order valence-corrected chi connectivity index (χ2v) is 4.95. The van der Waals surface area contributed by atoms with Crippen LogP contribution in [0.3, 0.4) is 0 Å². The minimum absolute atomic E-state index is 0. The van der Waals surface area contributed by atoms with Crippen molar-refractivity contribution in [3.63, 3.8) is 0 Å². The van der Waals surface area contributed by atoms with Gasteiger partial charge in [-0.15, -0.1) is 12.4 Å². The Morgan fingerprint density at radius 2 is 2.24 bits per heavy atom. The van der Waals surface area contributed by atoms with E-state index in [0.29, 0.717) is 17.1 Å². The Morgan fingerprint density at radius 1 is 1.52 bits per heavy atom. The topological polar surface area (TPSA) is 93.5 Å². The van der Waals surface area contributed by atoms with Crippen LogP contribution in [0.4, 0.5) is 11.4 Å². The number of nitrogens with two attached hydrogens (primary N) is 1.